The molecule has 2 heterocycles. The third kappa shape index (κ3) is 3.13. The van der Waals surface area contributed by atoms with Crippen molar-refractivity contribution in [1.29, 1.82) is 0 Å². The van der Waals surface area contributed by atoms with E-state index in [4.69, 9.17) is 9.97 Å². The van der Waals surface area contributed by atoms with Crippen LogP contribution in [-0.2, 0) is 0 Å². The first-order valence-electron chi connectivity index (χ1n) is 14.1. The fraction of sp³-hybridized carbons (Fsp3) is 0.0270. The van der Waals surface area contributed by atoms with E-state index >= 15 is 0 Å². The summed E-state index contributed by atoms with van der Waals surface area (Å²) in [7, 11) is 0. The van der Waals surface area contributed by atoms with Crippen LogP contribution in [-0.4, -0.2) is 25.0 Å². The van der Waals surface area contributed by atoms with Crippen LogP contribution in [0.2, 0.25) is 0 Å². The molecular formula is C37H24N4O. The van der Waals surface area contributed by atoms with Crippen LogP contribution in [0.1, 0.15) is 5.56 Å². The van der Waals surface area contributed by atoms with Crippen LogP contribution in [0.15, 0.2) is 109 Å². The van der Waals surface area contributed by atoms with Gasteiger partial charge < -0.3 is 15.1 Å². The Bertz CT molecular complexity index is 2230. The highest BCUT2D eigenvalue weighted by Gasteiger charge is 2.21. The number of fused-ring (bicyclic) bond motifs is 12. The van der Waals surface area contributed by atoms with Crippen molar-refractivity contribution >= 4 is 65.2 Å². The zero-order valence-electron chi connectivity index (χ0n) is 22.7. The molecule has 0 atom stereocenters. The van der Waals surface area contributed by atoms with Crippen LogP contribution in [0.25, 0.3) is 87.9 Å². The van der Waals surface area contributed by atoms with Crippen LogP contribution in [0.5, 0.6) is 5.75 Å². The van der Waals surface area contributed by atoms with Crippen molar-refractivity contribution in [3.05, 3.63) is 115 Å². The van der Waals surface area contributed by atoms with Crippen LogP contribution in [0, 0.1) is 6.92 Å². The molecule has 7 aromatic carbocycles. The summed E-state index contributed by atoms with van der Waals surface area (Å²) in [6, 6.07) is 37.4. The smallest absolute Gasteiger partial charge is 0.142 e. The highest BCUT2D eigenvalue weighted by molar-refractivity contribution is 6.24. The van der Waals surface area contributed by atoms with Gasteiger partial charge >= 0.3 is 0 Å². The molecule has 0 aliphatic heterocycles. The number of nitrogens with zero attached hydrogens (tertiary/aromatic N) is 2. The molecule has 5 nitrogen and oxygen atoms in total. The van der Waals surface area contributed by atoms with Gasteiger partial charge in [-0.25, -0.2) is 9.97 Å². The molecule has 0 aliphatic carbocycles. The molecule has 0 unspecified atom stereocenters. The minimum atomic E-state index is 0.140. The number of nitrogens with one attached hydrogen (secondary N) is 2. The van der Waals surface area contributed by atoms with E-state index in [1.54, 1.807) is 0 Å². The Morgan fingerprint density at radius 3 is 1.21 bits per heavy atom. The number of hydrogen-bond donors (Lipinski definition) is 3. The number of H-pyrrole nitrogens is 2. The molecule has 0 spiro atoms. The standard InChI is InChI=1S/C37H24N4O/c1-20-18-29(36-38-31-25-14-6-2-10-21(25)22-11-3-7-15-26(22)32(31)39-36)35(42)30(19-20)37-40-33-27-16-8-4-12-23(27)24-13-5-9-17-28(24)34(33)41-37/h2-19,42H,1H3,(H,38,39)(H,40,41). The number of aryl methyl sites for hydroxylation is 1. The number of benzene rings is 7. The molecule has 0 fully saturated rings. The van der Waals surface area contributed by atoms with Gasteiger partial charge in [-0.3, -0.25) is 0 Å². The summed E-state index contributed by atoms with van der Waals surface area (Å²) in [4.78, 5) is 17.3. The Kier molecular flexibility index (Phi) is 4.62. The van der Waals surface area contributed by atoms with Gasteiger partial charge in [0.2, 0.25) is 0 Å². The minimum Gasteiger partial charge on any atom is -0.506 e. The molecule has 42 heavy (non-hydrogen) atoms. The molecule has 0 saturated heterocycles. The van der Waals surface area contributed by atoms with E-state index in [2.05, 4.69) is 82.8 Å². The van der Waals surface area contributed by atoms with Gasteiger partial charge in [0.15, 0.2) is 0 Å². The van der Waals surface area contributed by atoms with E-state index in [0.29, 0.717) is 22.8 Å². The highest BCUT2D eigenvalue weighted by atomic mass is 16.3. The molecule has 0 amide bonds. The normalized spacial score (nSPS) is 12.0. The average molecular weight is 541 g/mol. The van der Waals surface area contributed by atoms with Gasteiger partial charge in [-0.05, 0) is 46.2 Å². The lowest BCUT2D eigenvalue weighted by molar-refractivity contribution is 0.478. The lowest BCUT2D eigenvalue weighted by Crippen LogP contribution is -1.89. The number of aromatic hydroxyl groups is 1. The first kappa shape index (κ1) is 23.1. The van der Waals surface area contributed by atoms with Crippen LogP contribution in [0.3, 0.4) is 0 Å². The molecule has 5 heteroatoms. The summed E-state index contributed by atoms with van der Waals surface area (Å²) >= 11 is 0. The lowest BCUT2D eigenvalue weighted by atomic mass is 10.0. The molecule has 0 bridgehead atoms. The van der Waals surface area contributed by atoms with Gasteiger partial charge in [0.1, 0.15) is 17.4 Å². The number of phenolic OH excluding ortho intramolecular Hbond substituents is 1. The fourth-order valence-electron chi connectivity index (χ4n) is 6.64. The largest absolute Gasteiger partial charge is 0.506 e. The Labute approximate surface area is 240 Å². The summed E-state index contributed by atoms with van der Waals surface area (Å²) < 4.78 is 0. The van der Waals surface area contributed by atoms with Crippen molar-refractivity contribution < 1.29 is 5.11 Å². The Balaban J connectivity index is 1.31. The number of hydrogen-bond acceptors (Lipinski definition) is 3. The zero-order valence-corrected chi connectivity index (χ0v) is 22.7. The van der Waals surface area contributed by atoms with Crippen LogP contribution in [0.4, 0.5) is 0 Å². The van der Waals surface area contributed by atoms with Gasteiger partial charge in [-0.2, -0.15) is 0 Å². The molecule has 0 aliphatic rings. The van der Waals surface area contributed by atoms with Crippen molar-refractivity contribution in [2.45, 2.75) is 6.92 Å². The van der Waals surface area contributed by atoms with E-state index in [1.807, 2.05) is 43.3 Å². The van der Waals surface area contributed by atoms with E-state index in [9.17, 15) is 5.11 Å². The molecule has 9 rings (SSSR count). The zero-order chi connectivity index (χ0) is 27.9. The summed E-state index contributed by atoms with van der Waals surface area (Å²) in [6.07, 6.45) is 0. The molecule has 2 aromatic heterocycles. The van der Waals surface area contributed by atoms with Crippen LogP contribution >= 0.6 is 0 Å². The molecule has 3 N–H and O–H groups in total. The quantitative estimate of drug-likeness (QED) is 0.191. The van der Waals surface area contributed by atoms with Gasteiger partial charge in [-0.1, -0.05) is 97.1 Å². The van der Waals surface area contributed by atoms with Crippen molar-refractivity contribution in [3.63, 3.8) is 0 Å². The Morgan fingerprint density at radius 2 is 0.810 bits per heavy atom. The highest BCUT2D eigenvalue weighted by Crippen LogP contribution is 2.42. The number of phenols is 1. The van der Waals surface area contributed by atoms with E-state index in [0.717, 1.165) is 59.9 Å². The topological polar surface area (TPSA) is 77.6 Å². The predicted molar refractivity (Wildman–Crippen MR) is 173 cm³/mol. The second-order valence-electron chi connectivity index (χ2n) is 11.0. The SMILES string of the molecule is Cc1cc(-c2nc3c4ccccc4c4ccccc4c3[nH]2)c(O)c(-c2nc3c4ccccc4c4ccccc4c3[nH]2)c1. The first-order valence-corrected chi connectivity index (χ1v) is 14.1. The van der Waals surface area contributed by atoms with Gasteiger partial charge in [0, 0.05) is 21.5 Å². The summed E-state index contributed by atoms with van der Waals surface area (Å²) in [6.45, 7) is 2.04. The summed E-state index contributed by atoms with van der Waals surface area (Å²) in [5, 5.41) is 20.8. The van der Waals surface area contributed by atoms with E-state index in [1.165, 1.54) is 10.8 Å². The summed E-state index contributed by atoms with van der Waals surface area (Å²) in [5.41, 5.74) is 6.00. The molecule has 0 saturated carbocycles. The third-order valence-electron chi connectivity index (χ3n) is 8.51. The van der Waals surface area contributed by atoms with Gasteiger partial charge in [-0.15, -0.1) is 0 Å². The number of aromatic nitrogens is 4. The van der Waals surface area contributed by atoms with Crippen molar-refractivity contribution in [2.24, 2.45) is 0 Å². The number of imidazole rings is 2. The maximum Gasteiger partial charge on any atom is 0.142 e. The maximum absolute atomic E-state index is 11.8. The fourth-order valence-corrected chi connectivity index (χ4v) is 6.64. The molecular weight excluding hydrogens is 516 g/mol. The van der Waals surface area contributed by atoms with E-state index in [-0.39, 0.29) is 5.75 Å². The predicted octanol–water partition coefficient (Wildman–Crippen LogP) is 9.40. The third-order valence-corrected chi connectivity index (χ3v) is 8.51. The van der Waals surface area contributed by atoms with Crippen molar-refractivity contribution in [3.8, 4) is 28.5 Å². The molecule has 0 radical (unpaired) electrons. The summed E-state index contributed by atoms with van der Waals surface area (Å²) in [5.74, 6) is 1.39. The number of rotatable bonds is 2. The average Bonchev–Trinajstić information content (AvgIpc) is 3.69. The Morgan fingerprint density at radius 1 is 0.476 bits per heavy atom. The monoisotopic (exact) mass is 540 g/mol. The number of aromatic amines is 2. The molecule has 198 valence electrons. The van der Waals surface area contributed by atoms with Crippen molar-refractivity contribution in [2.75, 3.05) is 0 Å². The molecule has 9 aromatic rings. The minimum absolute atomic E-state index is 0.140. The van der Waals surface area contributed by atoms with Crippen LogP contribution < -0.4 is 0 Å². The Hall–Kier alpha value is -5.68. The lowest BCUT2D eigenvalue weighted by Gasteiger charge is -2.08. The van der Waals surface area contributed by atoms with Crippen molar-refractivity contribution in [1.82, 2.24) is 19.9 Å². The second kappa shape index (κ2) is 8.41. The maximum atomic E-state index is 11.8. The van der Waals surface area contributed by atoms with Gasteiger partial charge in [0.05, 0.1) is 33.2 Å². The van der Waals surface area contributed by atoms with Gasteiger partial charge in [0.25, 0.3) is 0 Å². The van der Waals surface area contributed by atoms with E-state index < -0.39 is 0 Å². The first-order chi connectivity index (χ1) is 20.7. The second-order valence-corrected chi connectivity index (χ2v) is 11.0.